The molecule has 4 heterocycles. The lowest BCUT2D eigenvalue weighted by Crippen LogP contribution is -2.40. The number of aryl methyl sites for hydroxylation is 1. The van der Waals surface area contributed by atoms with E-state index < -0.39 is 11.7 Å². The Bertz CT molecular complexity index is 1370. The van der Waals surface area contributed by atoms with Crippen LogP contribution in [0.3, 0.4) is 0 Å². The summed E-state index contributed by atoms with van der Waals surface area (Å²) in [6.45, 7) is 4.11. The first kappa shape index (κ1) is 20.7. The van der Waals surface area contributed by atoms with Crippen LogP contribution in [0.25, 0.3) is 10.9 Å². The van der Waals surface area contributed by atoms with Crippen LogP contribution in [0.15, 0.2) is 59.3 Å². The predicted molar refractivity (Wildman–Crippen MR) is 126 cm³/mol. The van der Waals surface area contributed by atoms with Crippen molar-refractivity contribution >= 4 is 28.3 Å². The van der Waals surface area contributed by atoms with Crippen molar-refractivity contribution in [3.05, 3.63) is 87.9 Å². The van der Waals surface area contributed by atoms with Crippen molar-refractivity contribution in [2.75, 3.05) is 13.1 Å². The van der Waals surface area contributed by atoms with Crippen LogP contribution in [0.2, 0.25) is 5.02 Å². The Labute approximate surface area is 196 Å². The van der Waals surface area contributed by atoms with Crippen LogP contribution in [0.4, 0.5) is 0 Å². The van der Waals surface area contributed by atoms with E-state index in [2.05, 4.69) is 16.5 Å². The monoisotopic (exact) mass is 461 g/mol. The summed E-state index contributed by atoms with van der Waals surface area (Å²) in [5.74, 6) is 0.692. The van der Waals surface area contributed by atoms with E-state index in [-0.39, 0.29) is 5.78 Å². The van der Waals surface area contributed by atoms with E-state index in [0.717, 1.165) is 59.4 Å². The minimum Gasteiger partial charge on any atom is -0.359 e. The summed E-state index contributed by atoms with van der Waals surface area (Å²) in [5.41, 5.74) is 4.05. The lowest BCUT2D eigenvalue weighted by molar-refractivity contribution is -0.0805. The number of ketones is 1. The van der Waals surface area contributed by atoms with Crippen molar-refractivity contribution in [3.8, 4) is 0 Å². The Hall–Kier alpha value is -2.93. The van der Waals surface area contributed by atoms with Gasteiger partial charge in [-0.05, 0) is 56.1 Å². The summed E-state index contributed by atoms with van der Waals surface area (Å²) in [6.07, 6.45) is 2.98. The highest BCUT2D eigenvalue weighted by molar-refractivity contribution is 6.31. The molecule has 4 aromatic rings. The molecule has 1 fully saturated rings. The zero-order valence-corrected chi connectivity index (χ0v) is 19.1. The second kappa shape index (κ2) is 7.83. The van der Waals surface area contributed by atoms with Gasteiger partial charge in [-0.2, -0.15) is 0 Å². The standard InChI is InChI=1S/C26H24ClN3O3/c1-16-12-18(33-29-16)14-30-15-21(19-7-6-17(27)13-23(19)30)24(31)25-20-4-2-3-5-22(20)26(32-25)8-10-28-11-9-26/h2-7,12-13,15,25,28H,8-11,14H2,1H3/t25-/m1/s1. The van der Waals surface area contributed by atoms with E-state index in [1.165, 1.54) is 0 Å². The molecule has 6 rings (SSSR count). The maximum absolute atomic E-state index is 14.0. The van der Waals surface area contributed by atoms with E-state index in [1.54, 1.807) is 0 Å². The first-order valence-electron chi connectivity index (χ1n) is 11.3. The lowest BCUT2D eigenvalue weighted by atomic mass is 9.84. The molecule has 1 spiro atoms. The maximum atomic E-state index is 14.0. The normalized spacial score (nSPS) is 19.3. The molecule has 0 saturated carbocycles. The molecular weight excluding hydrogens is 438 g/mol. The molecule has 1 N–H and O–H groups in total. The Morgan fingerprint density at radius 3 is 2.82 bits per heavy atom. The first-order valence-corrected chi connectivity index (χ1v) is 11.6. The van der Waals surface area contributed by atoms with Crippen LogP contribution in [0, 0.1) is 6.92 Å². The third-order valence-electron chi connectivity index (χ3n) is 6.84. The van der Waals surface area contributed by atoms with Crippen molar-refractivity contribution in [2.45, 2.75) is 38.0 Å². The van der Waals surface area contributed by atoms with Crippen LogP contribution in [0.1, 0.15) is 51.9 Å². The van der Waals surface area contributed by atoms with Gasteiger partial charge in [0.05, 0.1) is 23.4 Å². The number of halogens is 1. The van der Waals surface area contributed by atoms with Gasteiger partial charge in [0.15, 0.2) is 11.5 Å². The SMILES string of the molecule is Cc1cc(Cn2cc(C(=O)[C@@H]3OC4(CCNCC4)c4ccccc43)c3ccc(Cl)cc32)on1. The molecule has 1 saturated heterocycles. The molecule has 0 radical (unpaired) electrons. The van der Waals surface area contributed by atoms with Gasteiger partial charge in [-0.3, -0.25) is 4.79 Å². The highest BCUT2D eigenvalue weighted by atomic mass is 35.5. The maximum Gasteiger partial charge on any atom is 0.198 e. The molecule has 2 aliphatic rings. The largest absolute Gasteiger partial charge is 0.359 e. The Morgan fingerprint density at radius 1 is 1.21 bits per heavy atom. The third kappa shape index (κ3) is 3.41. The summed E-state index contributed by atoms with van der Waals surface area (Å²) in [4.78, 5) is 14.0. The van der Waals surface area contributed by atoms with E-state index in [9.17, 15) is 4.79 Å². The highest BCUT2D eigenvalue weighted by Crippen LogP contribution is 2.49. The summed E-state index contributed by atoms with van der Waals surface area (Å²) in [5, 5.41) is 8.86. The molecule has 7 heteroatoms. The van der Waals surface area contributed by atoms with E-state index in [0.29, 0.717) is 17.1 Å². The average molecular weight is 462 g/mol. The van der Waals surface area contributed by atoms with Gasteiger partial charge in [-0.1, -0.05) is 47.1 Å². The number of hydrogen-bond acceptors (Lipinski definition) is 5. The molecule has 2 aromatic carbocycles. The fourth-order valence-electron chi connectivity index (χ4n) is 5.30. The molecule has 0 aliphatic carbocycles. The number of carbonyl (C=O) groups is 1. The number of aromatic nitrogens is 2. The van der Waals surface area contributed by atoms with Crippen LogP contribution in [-0.2, 0) is 16.9 Å². The average Bonchev–Trinajstić information content (AvgIpc) is 3.49. The van der Waals surface area contributed by atoms with Gasteiger partial charge in [0.25, 0.3) is 0 Å². The van der Waals surface area contributed by atoms with E-state index >= 15 is 0 Å². The Balaban J connectivity index is 1.43. The number of Topliss-reactive ketones (excluding diaryl/α,β-unsaturated/α-hetero) is 1. The molecule has 2 aliphatic heterocycles. The topological polar surface area (TPSA) is 69.3 Å². The lowest BCUT2D eigenvalue weighted by Gasteiger charge is -2.34. The molecule has 33 heavy (non-hydrogen) atoms. The molecule has 0 unspecified atom stereocenters. The Morgan fingerprint density at radius 2 is 2.03 bits per heavy atom. The zero-order valence-electron chi connectivity index (χ0n) is 18.3. The third-order valence-corrected chi connectivity index (χ3v) is 7.07. The van der Waals surface area contributed by atoms with Crippen molar-refractivity contribution in [3.63, 3.8) is 0 Å². The molecule has 1 atom stereocenters. The van der Waals surface area contributed by atoms with Gasteiger partial charge in [-0.15, -0.1) is 0 Å². The predicted octanol–water partition coefficient (Wildman–Crippen LogP) is 5.17. The fourth-order valence-corrected chi connectivity index (χ4v) is 5.46. The van der Waals surface area contributed by atoms with Crippen molar-refractivity contribution in [1.82, 2.24) is 15.0 Å². The number of hydrogen-bond donors (Lipinski definition) is 1. The van der Waals surface area contributed by atoms with Crippen LogP contribution in [0.5, 0.6) is 0 Å². The number of carbonyl (C=O) groups excluding carboxylic acids is 1. The number of nitrogens with one attached hydrogen (secondary N) is 1. The molecular formula is C26H24ClN3O3. The number of rotatable bonds is 4. The van der Waals surface area contributed by atoms with Crippen molar-refractivity contribution in [1.29, 1.82) is 0 Å². The van der Waals surface area contributed by atoms with Crippen LogP contribution < -0.4 is 5.32 Å². The van der Waals surface area contributed by atoms with Crippen LogP contribution >= 0.6 is 11.6 Å². The summed E-state index contributed by atoms with van der Waals surface area (Å²) >= 11 is 6.31. The number of ether oxygens (including phenoxy) is 1. The fraction of sp³-hybridized carbons (Fsp3) is 0.308. The van der Waals surface area contributed by atoms with Gasteiger partial charge in [0.2, 0.25) is 0 Å². The molecule has 0 bridgehead atoms. The quantitative estimate of drug-likeness (QED) is 0.424. The molecule has 0 amide bonds. The minimum absolute atomic E-state index is 0.0299. The van der Waals surface area contributed by atoms with Crippen molar-refractivity contribution in [2.24, 2.45) is 0 Å². The van der Waals surface area contributed by atoms with Gasteiger partial charge in [0, 0.05) is 28.2 Å². The molecule has 168 valence electrons. The van der Waals surface area contributed by atoms with Crippen molar-refractivity contribution < 1.29 is 14.1 Å². The molecule has 6 nitrogen and oxygen atoms in total. The highest BCUT2D eigenvalue weighted by Gasteiger charge is 2.48. The van der Waals surface area contributed by atoms with E-state index in [4.69, 9.17) is 20.9 Å². The summed E-state index contributed by atoms with van der Waals surface area (Å²) in [6, 6.07) is 15.7. The first-order chi connectivity index (χ1) is 16.0. The minimum atomic E-state index is -0.624. The second-order valence-corrected chi connectivity index (χ2v) is 9.40. The van der Waals surface area contributed by atoms with Gasteiger partial charge < -0.3 is 19.1 Å². The number of fused-ring (bicyclic) bond motifs is 3. The Kier molecular flexibility index (Phi) is 4.91. The number of nitrogens with zero attached hydrogens (tertiary/aromatic N) is 2. The number of piperidine rings is 1. The van der Waals surface area contributed by atoms with Gasteiger partial charge >= 0.3 is 0 Å². The van der Waals surface area contributed by atoms with Crippen LogP contribution in [-0.4, -0.2) is 28.6 Å². The number of benzene rings is 2. The smallest absolute Gasteiger partial charge is 0.198 e. The summed E-state index contributed by atoms with van der Waals surface area (Å²) in [7, 11) is 0. The zero-order chi connectivity index (χ0) is 22.6. The summed E-state index contributed by atoms with van der Waals surface area (Å²) < 4.78 is 14.0. The second-order valence-electron chi connectivity index (χ2n) is 8.96. The molecule has 2 aromatic heterocycles. The van der Waals surface area contributed by atoms with E-state index in [1.807, 2.05) is 60.2 Å². The van der Waals surface area contributed by atoms with Gasteiger partial charge in [0.1, 0.15) is 6.10 Å². The van der Waals surface area contributed by atoms with Gasteiger partial charge in [-0.25, -0.2) is 0 Å².